The fourth-order valence-corrected chi connectivity index (χ4v) is 2.82. The number of unbranched alkanes of at least 4 members (excludes halogenated alkanes) is 1. The van der Waals surface area contributed by atoms with Gasteiger partial charge in [-0.25, -0.2) is 0 Å². The van der Waals surface area contributed by atoms with Crippen LogP contribution in [0.3, 0.4) is 0 Å². The average molecular weight is 392 g/mol. The van der Waals surface area contributed by atoms with Crippen LogP contribution in [0.1, 0.15) is 38.7 Å². The molecule has 0 aliphatic heterocycles. The lowest BCUT2D eigenvalue weighted by molar-refractivity contribution is -0.160. The summed E-state index contributed by atoms with van der Waals surface area (Å²) in [7, 11) is 4.18. The number of ether oxygens (including phenoxy) is 4. The summed E-state index contributed by atoms with van der Waals surface area (Å²) in [6, 6.07) is 7.67. The van der Waals surface area contributed by atoms with Crippen molar-refractivity contribution in [3.05, 3.63) is 42.0 Å². The van der Waals surface area contributed by atoms with Gasteiger partial charge in [-0.15, -0.1) is 0 Å². The van der Waals surface area contributed by atoms with E-state index in [1.54, 1.807) is 7.11 Å². The number of allylic oxidation sites excluding steroid dienone is 1. The van der Waals surface area contributed by atoms with Gasteiger partial charge in [0.25, 0.3) is 0 Å². The van der Waals surface area contributed by atoms with Crippen molar-refractivity contribution in [1.29, 1.82) is 0 Å². The molecule has 0 aliphatic carbocycles. The van der Waals surface area contributed by atoms with E-state index in [4.69, 9.17) is 18.9 Å². The molecule has 0 N–H and O–H groups in total. The second-order valence-electron chi connectivity index (χ2n) is 6.58. The van der Waals surface area contributed by atoms with Crippen molar-refractivity contribution in [2.75, 3.05) is 21.3 Å². The van der Waals surface area contributed by atoms with E-state index in [1.807, 2.05) is 43.3 Å². The highest BCUT2D eigenvalue weighted by Gasteiger charge is 2.35. The fraction of sp³-hybridized carbons (Fsp3) is 0.545. The van der Waals surface area contributed by atoms with Crippen LogP contribution in [0, 0.1) is 11.8 Å². The number of benzene rings is 1. The summed E-state index contributed by atoms with van der Waals surface area (Å²) in [6.07, 6.45) is 6.11. The molecule has 0 bridgehead atoms. The van der Waals surface area contributed by atoms with E-state index < -0.39 is 17.9 Å². The van der Waals surface area contributed by atoms with E-state index in [9.17, 15) is 9.59 Å². The van der Waals surface area contributed by atoms with Crippen LogP contribution in [0.25, 0.3) is 0 Å². The summed E-state index contributed by atoms with van der Waals surface area (Å²) >= 11 is 0. The molecule has 1 aromatic rings. The van der Waals surface area contributed by atoms with Gasteiger partial charge in [-0.2, -0.15) is 0 Å². The van der Waals surface area contributed by atoms with Gasteiger partial charge in [0.1, 0.15) is 5.75 Å². The molecule has 0 unspecified atom stereocenters. The Morgan fingerprint density at radius 3 is 2.11 bits per heavy atom. The molecular weight excluding hydrogens is 360 g/mol. The number of hydrogen-bond donors (Lipinski definition) is 0. The predicted octanol–water partition coefficient (Wildman–Crippen LogP) is 3.93. The molecule has 0 aliphatic rings. The minimum Gasteiger partial charge on any atom is -0.497 e. The van der Waals surface area contributed by atoms with Crippen LogP contribution in [0.15, 0.2) is 36.4 Å². The molecule has 28 heavy (non-hydrogen) atoms. The van der Waals surface area contributed by atoms with Crippen molar-refractivity contribution in [2.24, 2.45) is 11.8 Å². The summed E-state index contributed by atoms with van der Waals surface area (Å²) in [5, 5.41) is 0. The first-order valence-electron chi connectivity index (χ1n) is 9.55. The Balaban J connectivity index is 2.77. The first-order chi connectivity index (χ1) is 13.5. The van der Waals surface area contributed by atoms with Crippen LogP contribution in [-0.4, -0.2) is 39.4 Å². The van der Waals surface area contributed by atoms with Gasteiger partial charge in [0.15, 0.2) is 5.92 Å². The SMILES string of the molecule is CCCC[C@@H](/C=C/[C@H](C)OCc1ccc(OC)cc1)C(C(=O)OC)C(=O)OC. The summed E-state index contributed by atoms with van der Waals surface area (Å²) in [4.78, 5) is 24.3. The molecule has 156 valence electrons. The van der Waals surface area contributed by atoms with Crippen molar-refractivity contribution >= 4 is 11.9 Å². The van der Waals surface area contributed by atoms with Crippen molar-refractivity contribution in [1.82, 2.24) is 0 Å². The van der Waals surface area contributed by atoms with Gasteiger partial charge in [0.05, 0.1) is 34.0 Å². The molecular formula is C22H32O6. The van der Waals surface area contributed by atoms with Gasteiger partial charge in [-0.3, -0.25) is 9.59 Å². The average Bonchev–Trinajstić information content (AvgIpc) is 2.73. The van der Waals surface area contributed by atoms with Crippen molar-refractivity contribution in [2.45, 2.75) is 45.8 Å². The van der Waals surface area contributed by atoms with E-state index >= 15 is 0 Å². The topological polar surface area (TPSA) is 71.1 Å². The molecule has 0 heterocycles. The molecule has 0 aromatic heterocycles. The number of carbonyl (C=O) groups excluding carboxylic acids is 2. The largest absolute Gasteiger partial charge is 0.497 e. The van der Waals surface area contributed by atoms with Gasteiger partial charge in [0.2, 0.25) is 0 Å². The maximum Gasteiger partial charge on any atom is 0.320 e. The Morgan fingerprint density at radius 1 is 1.00 bits per heavy atom. The highest BCUT2D eigenvalue weighted by molar-refractivity contribution is 5.95. The Hall–Kier alpha value is -2.34. The number of carbonyl (C=O) groups is 2. The smallest absolute Gasteiger partial charge is 0.320 e. The Morgan fingerprint density at radius 2 is 1.61 bits per heavy atom. The van der Waals surface area contributed by atoms with Crippen LogP contribution in [-0.2, 0) is 30.4 Å². The highest BCUT2D eigenvalue weighted by Crippen LogP contribution is 2.24. The van der Waals surface area contributed by atoms with Crippen LogP contribution < -0.4 is 4.74 Å². The minimum absolute atomic E-state index is 0.179. The van der Waals surface area contributed by atoms with Gasteiger partial charge in [-0.05, 0) is 31.0 Å². The van der Waals surface area contributed by atoms with E-state index in [1.165, 1.54) is 14.2 Å². The minimum atomic E-state index is -0.966. The maximum atomic E-state index is 12.1. The maximum absolute atomic E-state index is 12.1. The molecule has 6 nitrogen and oxygen atoms in total. The van der Waals surface area contributed by atoms with Crippen molar-refractivity contribution < 1.29 is 28.5 Å². The number of hydrogen-bond acceptors (Lipinski definition) is 6. The summed E-state index contributed by atoms with van der Waals surface area (Å²) in [5.41, 5.74) is 1.03. The summed E-state index contributed by atoms with van der Waals surface area (Å²) in [5.74, 6) is -1.63. The first kappa shape index (κ1) is 23.7. The monoisotopic (exact) mass is 392 g/mol. The highest BCUT2D eigenvalue weighted by atomic mass is 16.5. The summed E-state index contributed by atoms with van der Waals surface area (Å²) < 4.78 is 20.6. The normalized spacial score (nSPS) is 13.4. The number of rotatable bonds is 12. The predicted molar refractivity (Wildman–Crippen MR) is 107 cm³/mol. The van der Waals surface area contributed by atoms with E-state index in [0.29, 0.717) is 13.0 Å². The van der Waals surface area contributed by atoms with E-state index in [0.717, 1.165) is 24.2 Å². The van der Waals surface area contributed by atoms with Gasteiger partial charge in [-0.1, -0.05) is 44.1 Å². The third-order valence-corrected chi connectivity index (χ3v) is 4.53. The van der Waals surface area contributed by atoms with Crippen LogP contribution in [0.2, 0.25) is 0 Å². The third kappa shape index (κ3) is 7.72. The standard InChI is InChI=1S/C22H32O6/c1-6-7-8-18(20(21(23)26-4)22(24)27-5)12-9-16(2)28-15-17-10-13-19(25-3)14-11-17/h9-14,16,18,20H,6-8,15H2,1-5H3/b12-9+/t16-,18-/m0/s1. The molecule has 0 saturated carbocycles. The van der Waals surface area contributed by atoms with Gasteiger partial charge >= 0.3 is 11.9 Å². The lowest BCUT2D eigenvalue weighted by Crippen LogP contribution is -2.33. The van der Waals surface area contributed by atoms with Crippen molar-refractivity contribution in [3.63, 3.8) is 0 Å². The Bertz CT molecular complexity index is 606. The lowest BCUT2D eigenvalue weighted by Gasteiger charge is -2.21. The van der Waals surface area contributed by atoms with Crippen molar-refractivity contribution in [3.8, 4) is 5.75 Å². The molecule has 1 aromatic carbocycles. The molecule has 2 atom stereocenters. The molecule has 0 amide bonds. The lowest BCUT2D eigenvalue weighted by atomic mass is 9.87. The summed E-state index contributed by atoms with van der Waals surface area (Å²) in [6.45, 7) is 4.43. The van der Waals surface area contributed by atoms with Gasteiger partial charge < -0.3 is 18.9 Å². The molecule has 1 rings (SSSR count). The quantitative estimate of drug-likeness (QED) is 0.305. The zero-order valence-corrected chi connectivity index (χ0v) is 17.5. The Labute approximate surface area is 167 Å². The third-order valence-electron chi connectivity index (χ3n) is 4.53. The Kier molecular flexibility index (Phi) is 11.0. The van der Waals surface area contributed by atoms with Gasteiger partial charge in [0, 0.05) is 5.92 Å². The molecule has 0 radical (unpaired) electrons. The number of methoxy groups -OCH3 is 3. The molecule has 6 heteroatoms. The molecule has 0 fully saturated rings. The van der Waals surface area contributed by atoms with E-state index in [-0.39, 0.29) is 12.0 Å². The first-order valence-corrected chi connectivity index (χ1v) is 9.55. The molecule has 0 saturated heterocycles. The second-order valence-corrected chi connectivity index (χ2v) is 6.58. The molecule has 0 spiro atoms. The zero-order chi connectivity index (χ0) is 20.9. The number of esters is 2. The van der Waals surface area contributed by atoms with E-state index in [2.05, 4.69) is 6.92 Å². The van der Waals surface area contributed by atoms with Crippen LogP contribution in [0.4, 0.5) is 0 Å². The van der Waals surface area contributed by atoms with Crippen LogP contribution in [0.5, 0.6) is 5.75 Å². The zero-order valence-electron chi connectivity index (χ0n) is 17.5. The second kappa shape index (κ2) is 12.9. The fourth-order valence-electron chi connectivity index (χ4n) is 2.82. The van der Waals surface area contributed by atoms with Crippen LogP contribution >= 0.6 is 0 Å².